The fourth-order valence-electron chi connectivity index (χ4n) is 0.939. The highest BCUT2D eigenvalue weighted by Crippen LogP contribution is 2.16. The summed E-state index contributed by atoms with van der Waals surface area (Å²) in [6, 6.07) is 2.54. The van der Waals surface area contributed by atoms with E-state index < -0.39 is 11.6 Å². The SMILES string of the molecule is [C-]#[N+]Cc1c(F)ccc(C)c1F. The average Bonchev–Trinajstić information content (AvgIpc) is 2.06. The molecule has 0 radical (unpaired) electrons. The van der Waals surface area contributed by atoms with Crippen LogP contribution in [0.15, 0.2) is 12.1 Å². The van der Waals surface area contributed by atoms with Crippen LogP contribution in [0.2, 0.25) is 0 Å². The lowest BCUT2D eigenvalue weighted by atomic mass is 10.1. The number of rotatable bonds is 1. The molecule has 0 aliphatic rings. The van der Waals surface area contributed by atoms with Gasteiger partial charge in [0.15, 0.2) is 0 Å². The van der Waals surface area contributed by atoms with Gasteiger partial charge in [0.05, 0.1) is 0 Å². The molecule has 0 aromatic heterocycles. The van der Waals surface area contributed by atoms with Crippen LogP contribution in [0.5, 0.6) is 0 Å². The molecule has 1 rings (SSSR count). The van der Waals surface area contributed by atoms with Crippen LogP contribution < -0.4 is 0 Å². The highest BCUT2D eigenvalue weighted by atomic mass is 19.1. The van der Waals surface area contributed by atoms with Crippen LogP contribution in [-0.4, -0.2) is 0 Å². The Labute approximate surface area is 69.5 Å². The van der Waals surface area contributed by atoms with Crippen molar-refractivity contribution in [3.63, 3.8) is 0 Å². The summed E-state index contributed by atoms with van der Waals surface area (Å²) in [5, 5.41) is 0. The van der Waals surface area contributed by atoms with E-state index in [0.717, 1.165) is 0 Å². The molecule has 12 heavy (non-hydrogen) atoms. The second kappa shape index (κ2) is 3.31. The third kappa shape index (κ3) is 1.42. The van der Waals surface area contributed by atoms with Crippen molar-refractivity contribution in [1.29, 1.82) is 0 Å². The summed E-state index contributed by atoms with van der Waals surface area (Å²) in [6.07, 6.45) is 0. The first kappa shape index (κ1) is 8.66. The molecule has 0 spiro atoms. The monoisotopic (exact) mass is 167 g/mol. The van der Waals surface area contributed by atoms with Crippen molar-refractivity contribution in [1.82, 2.24) is 0 Å². The second-order valence-corrected chi connectivity index (χ2v) is 2.47. The number of nitrogens with zero attached hydrogens (tertiary/aromatic N) is 1. The van der Waals surface area contributed by atoms with E-state index in [4.69, 9.17) is 6.57 Å². The first-order chi connectivity index (χ1) is 5.66. The molecule has 0 saturated carbocycles. The molecule has 0 N–H and O–H groups in total. The fraction of sp³-hybridized carbons (Fsp3) is 0.222. The van der Waals surface area contributed by atoms with Gasteiger partial charge in [-0.25, -0.2) is 15.4 Å². The Balaban J connectivity index is 3.25. The van der Waals surface area contributed by atoms with Gasteiger partial charge in [-0.1, -0.05) is 6.07 Å². The molecule has 0 amide bonds. The summed E-state index contributed by atoms with van der Waals surface area (Å²) in [5.41, 5.74) is 0.236. The summed E-state index contributed by atoms with van der Waals surface area (Å²) in [7, 11) is 0. The van der Waals surface area contributed by atoms with Crippen molar-refractivity contribution >= 4 is 0 Å². The van der Waals surface area contributed by atoms with Crippen LogP contribution in [-0.2, 0) is 6.54 Å². The first-order valence-electron chi connectivity index (χ1n) is 3.43. The van der Waals surface area contributed by atoms with Gasteiger partial charge < -0.3 is 4.85 Å². The Kier molecular flexibility index (Phi) is 2.39. The Morgan fingerprint density at radius 2 is 2.08 bits per heavy atom. The Morgan fingerprint density at radius 1 is 1.42 bits per heavy atom. The number of aryl methyl sites for hydroxylation is 1. The summed E-state index contributed by atoms with van der Waals surface area (Å²) in [4.78, 5) is 2.94. The van der Waals surface area contributed by atoms with Gasteiger partial charge in [-0.15, -0.1) is 0 Å². The molecular formula is C9H7F2N. The molecule has 0 aliphatic heterocycles. The van der Waals surface area contributed by atoms with Gasteiger partial charge in [0.1, 0.15) is 17.2 Å². The predicted octanol–water partition coefficient (Wildman–Crippen LogP) is 2.69. The zero-order chi connectivity index (χ0) is 9.14. The van der Waals surface area contributed by atoms with Crippen LogP contribution >= 0.6 is 0 Å². The molecule has 1 nitrogen and oxygen atoms in total. The standard InChI is InChI=1S/C9H7F2N/c1-6-3-4-8(10)7(5-12-2)9(6)11/h3-4H,5H2,1H3. The molecule has 62 valence electrons. The van der Waals surface area contributed by atoms with Gasteiger partial charge in [0.2, 0.25) is 6.54 Å². The Hall–Kier alpha value is -1.43. The van der Waals surface area contributed by atoms with Crippen molar-refractivity contribution in [3.05, 3.63) is 46.3 Å². The molecular weight excluding hydrogens is 160 g/mol. The van der Waals surface area contributed by atoms with Gasteiger partial charge >= 0.3 is 0 Å². The summed E-state index contributed by atoms with van der Waals surface area (Å²) in [5.74, 6) is -1.25. The highest BCUT2D eigenvalue weighted by molar-refractivity contribution is 5.27. The minimum Gasteiger partial charge on any atom is -0.312 e. The van der Waals surface area contributed by atoms with Crippen LogP contribution in [0.4, 0.5) is 8.78 Å². The maximum absolute atomic E-state index is 13.1. The average molecular weight is 167 g/mol. The molecule has 0 aliphatic carbocycles. The van der Waals surface area contributed by atoms with Crippen molar-refractivity contribution in [2.45, 2.75) is 13.5 Å². The summed E-state index contributed by atoms with van der Waals surface area (Å²) in [6.45, 7) is 7.80. The molecule has 0 heterocycles. The van der Waals surface area contributed by atoms with Crippen molar-refractivity contribution in [2.75, 3.05) is 0 Å². The molecule has 0 bridgehead atoms. The molecule has 3 heteroatoms. The number of hydrogen-bond donors (Lipinski definition) is 0. The lowest BCUT2D eigenvalue weighted by molar-refractivity contribution is 0.556. The molecule has 0 unspecified atom stereocenters. The first-order valence-corrected chi connectivity index (χ1v) is 3.43. The van der Waals surface area contributed by atoms with Crippen molar-refractivity contribution in [3.8, 4) is 0 Å². The van der Waals surface area contributed by atoms with E-state index in [1.807, 2.05) is 0 Å². The van der Waals surface area contributed by atoms with E-state index in [-0.39, 0.29) is 12.1 Å². The zero-order valence-corrected chi connectivity index (χ0v) is 6.56. The van der Waals surface area contributed by atoms with Gasteiger partial charge in [-0.05, 0) is 18.6 Å². The fourth-order valence-corrected chi connectivity index (χ4v) is 0.939. The van der Waals surface area contributed by atoms with E-state index in [0.29, 0.717) is 5.56 Å². The topological polar surface area (TPSA) is 4.36 Å². The van der Waals surface area contributed by atoms with E-state index in [9.17, 15) is 8.78 Å². The third-order valence-electron chi connectivity index (χ3n) is 1.62. The number of halogens is 2. The molecule has 0 atom stereocenters. The zero-order valence-electron chi connectivity index (χ0n) is 6.56. The maximum atomic E-state index is 13.1. The minimum atomic E-state index is -0.644. The van der Waals surface area contributed by atoms with E-state index in [1.165, 1.54) is 12.1 Å². The van der Waals surface area contributed by atoms with E-state index >= 15 is 0 Å². The third-order valence-corrected chi connectivity index (χ3v) is 1.62. The largest absolute Gasteiger partial charge is 0.312 e. The molecule has 0 fully saturated rings. The molecule has 1 aromatic rings. The number of benzene rings is 1. The van der Waals surface area contributed by atoms with Crippen LogP contribution in [0, 0.1) is 25.1 Å². The van der Waals surface area contributed by atoms with Crippen LogP contribution in [0.25, 0.3) is 4.85 Å². The Morgan fingerprint density at radius 3 is 2.67 bits per heavy atom. The van der Waals surface area contributed by atoms with E-state index in [2.05, 4.69) is 4.85 Å². The molecule has 0 saturated heterocycles. The van der Waals surface area contributed by atoms with Gasteiger partial charge in [0.25, 0.3) is 0 Å². The smallest absolute Gasteiger partial charge is 0.245 e. The van der Waals surface area contributed by atoms with Crippen LogP contribution in [0.1, 0.15) is 11.1 Å². The summed E-state index contributed by atoms with van der Waals surface area (Å²) >= 11 is 0. The predicted molar refractivity (Wildman–Crippen MR) is 41.4 cm³/mol. The minimum absolute atomic E-state index is 0.134. The number of hydrogen-bond acceptors (Lipinski definition) is 0. The molecule has 1 aromatic carbocycles. The maximum Gasteiger partial charge on any atom is 0.245 e. The lowest BCUT2D eigenvalue weighted by Gasteiger charge is -2.00. The van der Waals surface area contributed by atoms with Gasteiger partial charge in [-0.2, -0.15) is 0 Å². The second-order valence-electron chi connectivity index (χ2n) is 2.47. The van der Waals surface area contributed by atoms with Gasteiger partial charge in [0, 0.05) is 0 Å². The lowest BCUT2D eigenvalue weighted by Crippen LogP contribution is -1.95. The van der Waals surface area contributed by atoms with Crippen LogP contribution in [0.3, 0.4) is 0 Å². The van der Waals surface area contributed by atoms with Gasteiger partial charge in [-0.3, -0.25) is 0 Å². The highest BCUT2D eigenvalue weighted by Gasteiger charge is 2.12. The van der Waals surface area contributed by atoms with Crippen molar-refractivity contribution in [2.24, 2.45) is 0 Å². The quantitative estimate of drug-likeness (QED) is 0.566. The van der Waals surface area contributed by atoms with Crippen molar-refractivity contribution < 1.29 is 8.78 Å². The normalized spacial score (nSPS) is 9.50. The Bertz CT molecular complexity index is 339. The van der Waals surface area contributed by atoms with E-state index in [1.54, 1.807) is 6.92 Å². The summed E-state index contributed by atoms with van der Waals surface area (Å²) < 4.78 is 25.9.